The van der Waals surface area contributed by atoms with E-state index in [4.69, 9.17) is 15.4 Å². The molecule has 120 valence electrons. The quantitative estimate of drug-likeness (QED) is 0.795. The highest BCUT2D eigenvalue weighted by Crippen LogP contribution is 2.29. The maximum absolute atomic E-state index is 12.3. The fourth-order valence-corrected chi connectivity index (χ4v) is 5.88. The van der Waals surface area contributed by atoms with Crippen LogP contribution in [0, 0.1) is 0 Å². The highest BCUT2D eigenvalue weighted by molar-refractivity contribution is 8.15. The summed E-state index contributed by atoms with van der Waals surface area (Å²) in [5.74, 6) is 0. The minimum Gasteiger partial charge on any atom is -0.381 e. The molecule has 1 aromatic rings. The molecule has 0 amide bonds. The molecular weight excluding hydrogens is 358 g/mol. The summed E-state index contributed by atoms with van der Waals surface area (Å²) < 4.78 is 54.7. The van der Waals surface area contributed by atoms with E-state index in [0.29, 0.717) is 30.9 Å². The summed E-state index contributed by atoms with van der Waals surface area (Å²) in [4.78, 5) is 0.602. The van der Waals surface area contributed by atoms with Crippen molar-refractivity contribution in [2.45, 2.75) is 35.3 Å². The Hall–Kier alpha value is -0.190. The van der Waals surface area contributed by atoms with Crippen LogP contribution in [0.15, 0.2) is 16.3 Å². The third kappa shape index (κ3) is 4.40. The summed E-state index contributed by atoms with van der Waals surface area (Å²) in [6.07, 6.45) is 0.932. The summed E-state index contributed by atoms with van der Waals surface area (Å²) >= 11 is 0.964. The molecular formula is C11H16ClNO5S3. The summed E-state index contributed by atoms with van der Waals surface area (Å²) in [5, 5.41) is -0.468. The van der Waals surface area contributed by atoms with E-state index in [1.165, 1.54) is 6.07 Å². The molecule has 0 aliphatic carbocycles. The van der Waals surface area contributed by atoms with E-state index in [-0.39, 0.29) is 4.21 Å². The Morgan fingerprint density at radius 2 is 1.90 bits per heavy atom. The van der Waals surface area contributed by atoms with Crippen LogP contribution in [-0.2, 0) is 23.8 Å². The number of hydrogen-bond donors (Lipinski definition) is 1. The van der Waals surface area contributed by atoms with Gasteiger partial charge in [0.1, 0.15) is 4.21 Å². The molecule has 0 bridgehead atoms. The molecule has 0 radical (unpaired) electrons. The minimum absolute atomic E-state index is 0.0104. The van der Waals surface area contributed by atoms with E-state index in [1.807, 2.05) is 0 Å². The molecule has 21 heavy (non-hydrogen) atoms. The van der Waals surface area contributed by atoms with Crippen molar-refractivity contribution in [1.29, 1.82) is 0 Å². The van der Waals surface area contributed by atoms with Crippen molar-refractivity contribution < 1.29 is 21.6 Å². The maximum Gasteiger partial charge on any atom is 0.270 e. The van der Waals surface area contributed by atoms with E-state index in [2.05, 4.69) is 4.72 Å². The fraction of sp³-hybridized carbons (Fsp3) is 0.636. The molecule has 0 aromatic carbocycles. The van der Waals surface area contributed by atoms with Crippen LogP contribution in [0.3, 0.4) is 0 Å². The smallest absolute Gasteiger partial charge is 0.270 e. The van der Waals surface area contributed by atoms with Crippen LogP contribution in [0.2, 0.25) is 0 Å². The van der Waals surface area contributed by atoms with Gasteiger partial charge in [-0.05, 0) is 31.9 Å². The lowest BCUT2D eigenvalue weighted by atomic mass is 10.2. The van der Waals surface area contributed by atoms with E-state index >= 15 is 0 Å². The van der Waals surface area contributed by atoms with E-state index in [9.17, 15) is 16.8 Å². The molecule has 1 unspecified atom stereocenters. The van der Waals surface area contributed by atoms with Crippen molar-refractivity contribution in [3.63, 3.8) is 0 Å². The number of sulfonamides is 1. The molecule has 1 aliphatic rings. The summed E-state index contributed by atoms with van der Waals surface area (Å²) in [5.41, 5.74) is 0. The molecule has 1 aromatic heterocycles. The van der Waals surface area contributed by atoms with Gasteiger partial charge in [-0.3, -0.25) is 0 Å². The zero-order chi connectivity index (χ0) is 15.7. The highest BCUT2D eigenvalue weighted by atomic mass is 35.7. The number of thiophene rings is 1. The van der Waals surface area contributed by atoms with Crippen LogP contribution in [0.4, 0.5) is 0 Å². The third-order valence-corrected chi connectivity index (χ3v) is 8.61. The minimum atomic E-state index is -3.78. The average molecular weight is 374 g/mol. The molecule has 0 spiro atoms. The van der Waals surface area contributed by atoms with Gasteiger partial charge in [-0.2, -0.15) is 0 Å². The second kappa shape index (κ2) is 6.51. The Labute approximate surface area is 132 Å². The van der Waals surface area contributed by atoms with Crippen LogP contribution in [0.5, 0.6) is 0 Å². The molecule has 1 N–H and O–H groups in total. The standard InChI is InChI=1S/C11H16ClNO5S3/c1-8(10-2-3-11(19-10)20(12,14)15)13-21(16,17)9-4-6-18-7-5-9/h2-3,8-9,13H,4-7H2,1H3. The van der Waals surface area contributed by atoms with Gasteiger partial charge in [-0.1, -0.05) is 0 Å². The van der Waals surface area contributed by atoms with E-state index in [1.54, 1.807) is 13.0 Å². The highest BCUT2D eigenvalue weighted by Gasteiger charge is 2.29. The number of halogens is 1. The largest absolute Gasteiger partial charge is 0.381 e. The van der Waals surface area contributed by atoms with Crippen molar-refractivity contribution in [2.75, 3.05) is 13.2 Å². The Morgan fingerprint density at radius 1 is 1.29 bits per heavy atom. The van der Waals surface area contributed by atoms with Crippen LogP contribution < -0.4 is 4.72 Å². The van der Waals surface area contributed by atoms with Gasteiger partial charge in [0.25, 0.3) is 9.05 Å². The van der Waals surface area contributed by atoms with Crippen molar-refractivity contribution in [3.05, 3.63) is 17.0 Å². The second-order valence-electron chi connectivity index (χ2n) is 4.79. The van der Waals surface area contributed by atoms with Gasteiger partial charge in [0.05, 0.1) is 11.3 Å². The SMILES string of the molecule is CC(NS(=O)(=O)C1CCOCC1)c1ccc(S(=O)(=O)Cl)s1. The lowest BCUT2D eigenvalue weighted by molar-refractivity contribution is 0.0981. The summed E-state index contributed by atoms with van der Waals surface area (Å²) in [6, 6.07) is 2.44. The van der Waals surface area contributed by atoms with Gasteiger partial charge in [0, 0.05) is 28.8 Å². The molecule has 2 heterocycles. The van der Waals surface area contributed by atoms with Crippen LogP contribution in [-0.4, -0.2) is 35.3 Å². The van der Waals surface area contributed by atoms with Crippen LogP contribution in [0.25, 0.3) is 0 Å². The number of ether oxygens (including phenoxy) is 1. The molecule has 1 saturated heterocycles. The molecule has 2 rings (SSSR count). The first-order valence-electron chi connectivity index (χ1n) is 6.33. The average Bonchev–Trinajstić information content (AvgIpc) is 2.89. The molecule has 1 fully saturated rings. The maximum atomic E-state index is 12.3. The first kappa shape index (κ1) is 17.2. The van der Waals surface area contributed by atoms with Crippen LogP contribution in [0.1, 0.15) is 30.7 Å². The Kier molecular flexibility index (Phi) is 5.32. The Bertz CT molecular complexity index is 691. The molecule has 1 aliphatic heterocycles. The van der Waals surface area contributed by atoms with Gasteiger partial charge in [0.15, 0.2) is 0 Å². The number of nitrogens with one attached hydrogen (secondary N) is 1. The van der Waals surface area contributed by atoms with Crippen molar-refractivity contribution in [1.82, 2.24) is 4.72 Å². The predicted molar refractivity (Wildman–Crippen MR) is 81.7 cm³/mol. The monoisotopic (exact) mass is 373 g/mol. The summed E-state index contributed by atoms with van der Waals surface area (Å²) in [6.45, 7) is 2.55. The molecule has 0 saturated carbocycles. The molecule has 1 atom stereocenters. The zero-order valence-corrected chi connectivity index (χ0v) is 14.5. The van der Waals surface area contributed by atoms with E-state index in [0.717, 1.165) is 11.3 Å². The normalized spacial score (nSPS) is 19.5. The first-order chi connectivity index (χ1) is 9.70. The van der Waals surface area contributed by atoms with Gasteiger partial charge < -0.3 is 4.74 Å². The lowest BCUT2D eigenvalue weighted by Crippen LogP contribution is -2.38. The van der Waals surface area contributed by atoms with Crippen molar-refractivity contribution in [2.24, 2.45) is 0 Å². The van der Waals surface area contributed by atoms with Gasteiger partial charge in [0.2, 0.25) is 10.0 Å². The summed E-state index contributed by atoms with van der Waals surface area (Å²) in [7, 11) is -1.98. The second-order valence-corrected chi connectivity index (χ2v) is 10.7. The van der Waals surface area contributed by atoms with Crippen molar-refractivity contribution in [3.8, 4) is 0 Å². The molecule has 10 heteroatoms. The van der Waals surface area contributed by atoms with Crippen molar-refractivity contribution >= 4 is 41.1 Å². The molecule has 6 nitrogen and oxygen atoms in total. The fourth-order valence-electron chi connectivity index (χ4n) is 2.09. The van der Waals surface area contributed by atoms with Gasteiger partial charge >= 0.3 is 0 Å². The first-order valence-corrected chi connectivity index (χ1v) is 11.0. The predicted octanol–water partition coefficient (Wildman–Crippen LogP) is 1.84. The topological polar surface area (TPSA) is 89.5 Å². The van der Waals surface area contributed by atoms with Crippen LogP contribution >= 0.6 is 22.0 Å². The number of rotatable bonds is 5. The zero-order valence-electron chi connectivity index (χ0n) is 11.3. The van der Waals surface area contributed by atoms with Gasteiger partial charge in [-0.25, -0.2) is 21.6 Å². The third-order valence-electron chi connectivity index (χ3n) is 3.22. The number of hydrogen-bond acceptors (Lipinski definition) is 6. The Morgan fingerprint density at radius 3 is 2.43 bits per heavy atom. The lowest BCUT2D eigenvalue weighted by Gasteiger charge is -2.24. The Balaban J connectivity index is 2.10. The van der Waals surface area contributed by atoms with E-state index < -0.39 is 30.4 Å². The van der Waals surface area contributed by atoms with Gasteiger partial charge in [-0.15, -0.1) is 11.3 Å².